The number of amides is 1. The molecule has 9 rings (SSSR count). The number of carbonyl (C=O) groups excluding carboxylic acids is 2. The first-order valence-electron chi connectivity index (χ1n) is 32.4. The number of piperidine rings is 1. The number of nitrogens with one attached hydrogen (secondary N) is 2. The summed E-state index contributed by atoms with van der Waals surface area (Å²) in [5.74, 6) is 9.43. The first-order chi connectivity index (χ1) is 45.3. The molecular formula is C70H96Cl2N12O9. The average molecular weight is 1320 g/mol. The van der Waals surface area contributed by atoms with E-state index in [9.17, 15) is 9.59 Å². The number of likely N-dealkylation sites (N-methyl/N-ethyl adjacent to an activating group) is 3. The lowest BCUT2D eigenvalue weighted by atomic mass is 9.96. The maximum absolute atomic E-state index is 12.6. The van der Waals surface area contributed by atoms with Crippen LogP contribution in [0.1, 0.15) is 71.5 Å². The lowest BCUT2D eigenvalue weighted by Gasteiger charge is -2.39. The minimum atomic E-state index is 0.0185. The second-order valence-corrected chi connectivity index (χ2v) is 24.4. The number of hydrogen-bond donors (Lipinski definition) is 4. The van der Waals surface area contributed by atoms with Gasteiger partial charge in [0.2, 0.25) is 5.91 Å². The molecule has 0 spiro atoms. The molecule has 0 radical (unpaired) electrons. The maximum Gasteiger partial charge on any atom is 0.222 e. The van der Waals surface area contributed by atoms with Gasteiger partial charge in [0.1, 0.15) is 42.1 Å². The highest BCUT2D eigenvalue weighted by Gasteiger charge is 2.28. The summed E-state index contributed by atoms with van der Waals surface area (Å²) in [7, 11) is 7.91. The molecule has 5 aromatic carbocycles. The Kier molecular flexibility index (Phi) is 29.9. The molecule has 2 saturated heterocycles. The summed E-state index contributed by atoms with van der Waals surface area (Å²) in [4.78, 5) is 46.1. The van der Waals surface area contributed by atoms with Crippen molar-refractivity contribution >= 4 is 52.1 Å². The molecule has 1 unspecified atom stereocenters. The number of fused-ring (bicyclic) bond motifs is 2. The molecule has 0 aliphatic carbocycles. The van der Waals surface area contributed by atoms with E-state index in [1.165, 1.54) is 42.1 Å². The number of nitrogens with two attached hydrogens (primary N) is 2. The molecule has 0 bridgehead atoms. The molecular weight excluding hydrogens is 1220 g/mol. The molecule has 1 atom stereocenters. The number of aldehydes is 1. The molecule has 1 aromatic heterocycles. The third-order valence-electron chi connectivity index (χ3n) is 16.6. The number of hydrogen-bond acceptors (Lipinski definition) is 20. The lowest BCUT2D eigenvalue weighted by Crippen LogP contribution is -2.47. The highest BCUT2D eigenvalue weighted by Crippen LogP contribution is 2.37. The standard InChI is InChI=1S/C63H80Cl2N10O9.C7H16N2/c1-4-60(77)74-25-29-83-62-50(41-74)36-48(37-51(62)44-76)49-38-55(78-3)40-56(39-49)84-45-54(66)42-75(67)26-28-80-31-33-82-35-34-81-32-30-79-27-24-71(2)19-7-18-68-63-57-8-5-6-9-58(57)69-59(70-63)43-72-20-22-73(23-21-72)61(46-10-14-52(64)15-11-46)47-12-16-53(65)17-13-47;1-8-7-4-3-5-9(2)6-7/h5-6,8-17,36-40,42,44,61H,4,7,18-35,41,43,45,66-67H2,1-3H3,(H,68,69,70);7-8H,3-6H2,1-2H3/b54-42-;. The van der Waals surface area contributed by atoms with Gasteiger partial charge in [-0.1, -0.05) is 66.5 Å². The first-order valence-corrected chi connectivity index (χ1v) is 33.2. The number of nitrogens with zero attached hydrogens (tertiary/aromatic N) is 8. The molecule has 504 valence electrons. The monoisotopic (exact) mass is 1320 g/mol. The molecule has 23 heteroatoms. The van der Waals surface area contributed by atoms with Crippen molar-refractivity contribution in [1.29, 1.82) is 0 Å². The minimum absolute atomic E-state index is 0.0185. The van der Waals surface area contributed by atoms with Crippen LogP contribution in [0, 0.1) is 0 Å². The van der Waals surface area contributed by atoms with Crippen LogP contribution >= 0.6 is 23.2 Å². The molecule has 1 amide bonds. The Morgan fingerprint density at radius 3 is 2.08 bits per heavy atom. The number of hydrazine groups is 1. The summed E-state index contributed by atoms with van der Waals surface area (Å²) in [6.45, 7) is 16.3. The largest absolute Gasteiger partial charge is 0.497 e. The van der Waals surface area contributed by atoms with E-state index in [0.717, 1.165) is 114 Å². The normalized spacial score (nSPS) is 15.7. The number of likely N-dealkylation sites (tertiary alicyclic amines) is 1. The van der Waals surface area contributed by atoms with Crippen LogP contribution in [0.2, 0.25) is 10.0 Å². The fourth-order valence-corrected chi connectivity index (χ4v) is 11.7. The number of para-hydroxylation sites is 1. The molecule has 6 N–H and O–H groups in total. The Balaban J connectivity index is 0.00000114. The van der Waals surface area contributed by atoms with Crippen LogP contribution < -0.4 is 36.4 Å². The zero-order chi connectivity index (χ0) is 65.7. The van der Waals surface area contributed by atoms with E-state index in [-0.39, 0.29) is 18.6 Å². The highest BCUT2D eigenvalue weighted by molar-refractivity contribution is 6.30. The van der Waals surface area contributed by atoms with Crippen molar-refractivity contribution in [2.75, 3.05) is 172 Å². The predicted molar refractivity (Wildman–Crippen MR) is 368 cm³/mol. The third-order valence-corrected chi connectivity index (χ3v) is 17.1. The van der Waals surface area contributed by atoms with Crippen molar-refractivity contribution in [1.82, 2.24) is 44.8 Å². The van der Waals surface area contributed by atoms with E-state index in [1.807, 2.05) is 68.6 Å². The number of piperazine rings is 1. The number of benzene rings is 5. The second kappa shape index (κ2) is 38.6. The van der Waals surface area contributed by atoms with Gasteiger partial charge in [0, 0.05) is 98.1 Å². The summed E-state index contributed by atoms with van der Waals surface area (Å²) in [5, 5.41) is 10.8. The Morgan fingerprint density at radius 2 is 1.44 bits per heavy atom. The summed E-state index contributed by atoms with van der Waals surface area (Å²) < 4.78 is 40.5. The van der Waals surface area contributed by atoms with Crippen LogP contribution in [0.4, 0.5) is 5.82 Å². The van der Waals surface area contributed by atoms with Crippen molar-refractivity contribution in [2.24, 2.45) is 11.6 Å². The van der Waals surface area contributed by atoms with Crippen LogP contribution in [0.3, 0.4) is 0 Å². The molecule has 3 aliphatic heterocycles. The van der Waals surface area contributed by atoms with E-state index in [4.69, 9.17) is 77.9 Å². The Morgan fingerprint density at radius 1 is 0.796 bits per heavy atom. The van der Waals surface area contributed by atoms with Gasteiger partial charge in [0.05, 0.1) is 102 Å². The number of aromatic nitrogens is 2. The Hall–Kier alpha value is -6.70. The lowest BCUT2D eigenvalue weighted by molar-refractivity contribution is -0.131. The molecule has 21 nitrogen and oxygen atoms in total. The van der Waals surface area contributed by atoms with Crippen LogP contribution in [-0.4, -0.2) is 224 Å². The molecule has 0 saturated carbocycles. The fraction of sp³-hybridized carbons (Fsp3) is 0.486. The van der Waals surface area contributed by atoms with Crippen molar-refractivity contribution in [3.8, 4) is 28.4 Å². The van der Waals surface area contributed by atoms with Gasteiger partial charge < -0.3 is 69.2 Å². The van der Waals surface area contributed by atoms with E-state index in [1.54, 1.807) is 30.3 Å². The van der Waals surface area contributed by atoms with Crippen molar-refractivity contribution in [3.05, 3.63) is 153 Å². The number of ether oxygens (including phenoxy) is 7. The average Bonchev–Trinajstić information content (AvgIpc) is 1.82. The van der Waals surface area contributed by atoms with Gasteiger partial charge >= 0.3 is 0 Å². The SMILES string of the molecule is CCC(=O)N1CCOc2c(C=O)cc(-c3cc(OC)cc(OC/C(N)=C/N(N)CCOCCOCCOCCOCCN(C)CCCNc4nc(CN5CCN(C(c6ccc(Cl)cc6)c6ccc(Cl)cc6)CC5)nc5ccccc45)c3)cc2C1.CNC1CCCN(C)C1. The molecule has 3 aliphatic rings. The van der Waals surface area contributed by atoms with Crippen LogP contribution in [-0.2, 0) is 36.8 Å². The molecule has 6 aromatic rings. The fourth-order valence-electron chi connectivity index (χ4n) is 11.5. The van der Waals surface area contributed by atoms with Crippen molar-refractivity contribution in [3.63, 3.8) is 0 Å². The van der Waals surface area contributed by atoms with E-state index in [0.29, 0.717) is 121 Å². The zero-order valence-electron chi connectivity index (χ0n) is 54.9. The van der Waals surface area contributed by atoms with E-state index in [2.05, 4.69) is 80.7 Å². The van der Waals surface area contributed by atoms with Gasteiger partial charge in [-0.2, -0.15) is 0 Å². The maximum atomic E-state index is 12.6. The number of carbonyl (C=O) groups is 2. The van der Waals surface area contributed by atoms with Gasteiger partial charge in [0.15, 0.2) is 6.29 Å². The molecule has 4 heterocycles. The number of halogens is 2. The van der Waals surface area contributed by atoms with Crippen molar-refractivity contribution in [2.45, 2.75) is 57.8 Å². The van der Waals surface area contributed by atoms with E-state index < -0.39 is 0 Å². The first kappa shape index (κ1) is 72.1. The quantitative estimate of drug-likeness (QED) is 0.0129. The zero-order valence-corrected chi connectivity index (χ0v) is 56.4. The summed E-state index contributed by atoms with van der Waals surface area (Å²) in [6.07, 6.45) is 6.39. The number of anilines is 1. The van der Waals surface area contributed by atoms with Crippen LogP contribution in [0.15, 0.2) is 115 Å². The summed E-state index contributed by atoms with van der Waals surface area (Å²) in [6, 6.07) is 34.5. The number of methoxy groups -OCH3 is 1. The predicted octanol–water partition coefficient (Wildman–Crippen LogP) is 8.62. The second-order valence-electron chi connectivity index (χ2n) is 23.6. The van der Waals surface area contributed by atoms with Crippen LogP contribution in [0.25, 0.3) is 22.0 Å². The van der Waals surface area contributed by atoms with Gasteiger partial charge in [-0.25, -0.2) is 15.8 Å². The van der Waals surface area contributed by atoms with Crippen LogP contribution in [0.5, 0.6) is 17.2 Å². The van der Waals surface area contributed by atoms with Gasteiger partial charge in [-0.15, -0.1) is 0 Å². The number of rotatable bonds is 34. The van der Waals surface area contributed by atoms with Gasteiger partial charge in [-0.3, -0.25) is 19.4 Å². The molecule has 2 fully saturated rings. The van der Waals surface area contributed by atoms with Gasteiger partial charge in [0.25, 0.3) is 0 Å². The highest BCUT2D eigenvalue weighted by atomic mass is 35.5. The van der Waals surface area contributed by atoms with Gasteiger partial charge in [-0.05, 0) is 136 Å². The minimum Gasteiger partial charge on any atom is -0.497 e. The third kappa shape index (κ3) is 23.3. The van der Waals surface area contributed by atoms with Crippen molar-refractivity contribution < 1.29 is 42.7 Å². The smallest absolute Gasteiger partial charge is 0.222 e. The Bertz CT molecular complexity index is 3230. The summed E-state index contributed by atoms with van der Waals surface area (Å²) >= 11 is 12.5. The Labute approximate surface area is 559 Å². The van der Waals surface area contributed by atoms with E-state index >= 15 is 0 Å². The molecule has 93 heavy (non-hydrogen) atoms. The topological polar surface area (TPSA) is 220 Å². The summed E-state index contributed by atoms with van der Waals surface area (Å²) in [5.41, 5.74) is 12.7.